The lowest BCUT2D eigenvalue weighted by Gasteiger charge is -2.20. The largest absolute Gasteiger partial charge is 0.475 e. The van der Waals surface area contributed by atoms with Gasteiger partial charge in [-0.05, 0) is 33.8 Å². The van der Waals surface area contributed by atoms with Gasteiger partial charge < -0.3 is 14.8 Å². The molecule has 1 aromatic rings. The third-order valence-corrected chi connectivity index (χ3v) is 2.04. The minimum atomic E-state index is -1.03. The number of carboxylic acids is 1. The van der Waals surface area contributed by atoms with Crippen LogP contribution in [0.4, 0.5) is 0 Å². The van der Waals surface area contributed by atoms with Crippen molar-refractivity contribution in [3.05, 3.63) is 23.2 Å². The molecule has 0 aromatic carbocycles. The van der Waals surface area contributed by atoms with Gasteiger partial charge in [0.15, 0.2) is 0 Å². The standard InChI is InChI=1S/C11H17NO3/c1-7-8(6-12-11(2,3)4)5-9(15-7)10(13)14/h5,12H,6H2,1-4H3,(H,13,14). The fourth-order valence-corrected chi connectivity index (χ4v) is 1.16. The zero-order valence-electron chi connectivity index (χ0n) is 9.55. The van der Waals surface area contributed by atoms with Crippen LogP contribution in [0.3, 0.4) is 0 Å². The van der Waals surface area contributed by atoms with E-state index in [-0.39, 0.29) is 11.3 Å². The van der Waals surface area contributed by atoms with Gasteiger partial charge in [0.2, 0.25) is 5.76 Å². The summed E-state index contributed by atoms with van der Waals surface area (Å²) >= 11 is 0. The highest BCUT2D eigenvalue weighted by Gasteiger charge is 2.15. The Hall–Kier alpha value is -1.29. The summed E-state index contributed by atoms with van der Waals surface area (Å²) in [7, 11) is 0. The zero-order chi connectivity index (χ0) is 11.6. The molecule has 2 N–H and O–H groups in total. The van der Waals surface area contributed by atoms with E-state index in [1.54, 1.807) is 13.0 Å². The molecule has 0 saturated carbocycles. The SMILES string of the molecule is Cc1oc(C(=O)O)cc1CNC(C)(C)C. The normalized spacial score (nSPS) is 11.7. The average Bonchev–Trinajstić information content (AvgIpc) is 2.42. The quantitative estimate of drug-likeness (QED) is 0.804. The summed E-state index contributed by atoms with van der Waals surface area (Å²) in [6.07, 6.45) is 0. The molecular weight excluding hydrogens is 194 g/mol. The second-order valence-corrected chi connectivity index (χ2v) is 4.60. The minimum Gasteiger partial charge on any atom is -0.475 e. The van der Waals surface area contributed by atoms with Crippen LogP contribution in [0.5, 0.6) is 0 Å². The van der Waals surface area contributed by atoms with Gasteiger partial charge in [-0.2, -0.15) is 0 Å². The van der Waals surface area contributed by atoms with Gasteiger partial charge in [-0.3, -0.25) is 0 Å². The van der Waals surface area contributed by atoms with Crippen molar-refractivity contribution in [2.45, 2.75) is 39.8 Å². The molecule has 1 aromatic heterocycles. The number of nitrogens with one attached hydrogen (secondary N) is 1. The predicted molar refractivity (Wildman–Crippen MR) is 57.0 cm³/mol. The topological polar surface area (TPSA) is 62.5 Å². The van der Waals surface area contributed by atoms with Crippen LogP contribution in [-0.4, -0.2) is 16.6 Å². The van der Waals surface area contributed by atoms with Crippen molar-refractivity contribution >= 4 is 5.97 Å². The number of hydrogen-bond acceptors (Lipinski definition) is 3. The molecule has 0 atom stereocenters. The molecule has 0 fully saturated rings. The molecule has 0 aliphatic rings. The summed E-state index contributed by atoms with van der Waals surface area (Å²) in [5, 5.41) is 12.0. The maximum absolute atomic E-state index is 10.7. The predicted octanol–water partition coefficient (Wildman–Crippen LogP) is 2.17. The number of carboxylic acid groups (broad SMARTS) is 1. The molecule has 1 rings (SSSR count). The highest BCUT2D eigenvalue weighted by Crippen LogP contribution is 2.15. The van der Waals surface area contributed by atoms with Crippen molar-refractivity contribution in [1.82, 2.24) is 5.32 Å². The summed E-state index contributed by atoms with van der Waals surface area (Å²) in [4.78, 5) is 10.7. The molecule has 0 spiro atoms. The molecule has 0 amide bonds. The second kappa shape index (κ2) is 4.06. The molecule has 4 nitrogen and oxygen atoms in total. The fraction of sp³-hybridized carbons (Fsp3) is 0.545. The summed E-state index contributed by atoms with van der Waals surface area (Å²) in [5.74, 6) is -0.373. The maximum atomic E-state index is 10.7. The Morgan fingerprint density at radius 1 is 1.53 bits per heavy atom. The average molecular weight is 211 g/mol. The zero-order valence-corrected chi connectivity index (χ0v) is 9.55. The fourth-order valence-electron chi connectivity index (χ4n) is 1.16. The highest BCUT2D eigenvalue weighted by atomic mass is 16.4. The lowest BCUT2D eigenvalue weighted by molar-refractivity contribution is 0.0661. The molecule has 84 valence electrons. The highest BCUT2D eigenvalue weighted by molar-refractivity contribution is 5.84. The van der Waals surface area contributed by atoms with Gasteiger partial charge in [0.1, 0.15) is 5.76 Å². The van der Waals surface area contributed by atoms with Crippen LogP contribution in [0.2, 0.25) is 0 Å². The maximum Gasteiger partial charge on any atom is 0.371 e. The van der Waals surface area contributed by atoms with Crippen LogP contribution >= 0.6 is 0 Å². The second-order valence-electron chi connectivity index (χ2n) is 4.60. The van der Waals surface area contributed by atoms with E-state index in [0.29, 0.717) is 12.3 Å². The van der Waals surface area contributed by atoms with E-state index in [2.05, 4.69) is 26.1 Å². The number of rotatable bonds is 3. The molecule has 0 radical (unpaired) electrons. The van der Waals surface area contributed by atoms with Gasteiger partial charge in [-0.25, -0.2) is 4.79 Å². The number of hydrogen-bond donors (Lipinski definition) is 2. The van der Waals surface area contributed by atoms with Gasteiger partial charge in [-0.15, -0.1) is 0 Å². The van der Waals surface area contributed by atoms with Crippen molar-refractivity contribution in [3.8, 4) is 0 Å². The first-order valence-corrected chi connectivity index (χ1v) is 4.87. The molecule has 0 aliphatic carbocycles. The van der Waals surface area contributed by atoms with Crippen LogP contribution < -0.4 is 5.32 Å². The van der Waals surface area contributed by atoms with Crippen LogP contribution in [0.25, 0.3) is 0 Å². The minimum absolute atomic E-state index is 0.00166. The van der Waals surface area contributed by atoms with Crippen molar-refractivity contribution < 1.29 is 14.3 Å². The Bertz CT molecular complexity index is 360. The first kappa shape index (κ1) is 11.8. The number of aromatic carboxylic acids is 1. The molecule has 15 heavy (non-hydrogen) atoms. The Morgan fingerprint density at radius 3 is 2.53 bits per heavy atom. The number of carbonyl (C=O) groups is 1. The summed E-state index contributed by atoms with van der Waals surface area (Å²) < 4.78 is 5.10. The Labute approximate surface area is 89.3 Å². The third-order valence-electron chi connectivity index (χ3n) is 2.04. The molecule has 0 bridgehead atoms. The molecule has 0 aliphatic heterocycles. The van der Waals surface area contributed by atoms with Gasteiger partial charge in [0.05, 0.1) is 0 Å². The van der Waals surface area contributed by atoms with Crippen LogP contribution in [-0.2, 0) is 6.54 Å². The molecule has 4 heteroatoms. The lowest BCUT2D eigenvalue weighted by Crippen LogP contribution is -2.35. The van der Waals surface area contributed by atoms with Crippen LogP contribution in [0.1, 0.15) is 42.6 Å². The van der Waals surface area contributed by atoms with Gasteiger partial charge in [0, 0.05) is 17.6 Å². The lowest BCUT2D eigenvalue weighted by atomic mass is 10.1. The number of aryl methyl sites for hydroxylation is 1. The van der Waals surface area contributed by atoms with Gasteiger partial charge in [0.25, 0.3) is 0 Å². The van der Waals surface area contributed by atoms with E-state index in [9.17, 15) is 4.79 Å². The monoisotopic (exact) mass is 211 g/mol. The van der Waals surface area contributed by atoms with E-state index in [4.69, 9.17) is 9.52 Å². The Balaban J connectivity index is 2.74. The smallest absolute Gasteiger partial charge is 0.371 e. The Morgan fingerprint density at radius 2 is 2.13 bits per heavy atom. The molecule has 1 heterocycles. The van der Waals surface area contributed by atoms with Crippen molar-refractivity contribution in [3.63, 3.8) is 0 Å². The van der Waals surface area contributed by atoms with E-state index < -0.39 is 5.97 Å². The molecular formula is C11H17NO3. The summed E-state index contributed by atoms with van der Waals surface area (Å²) in [6.45, 7) is 8.56. The molecule has 0 unspecified atom stereocenters. The first-order valence-electron chi connectivity index (χ1n) is 4.87. The van der Waals surface area contributed by atoms with Gasteiger partial charge >= 0.3 is 5.97 Å². The number of furan rings is 1. The van der Waals surface area contributed by atoms with E-state index in [1.165, 1.54) is 0 Å². The third kappa shape index (κ3) is 3.40. The summed E-state index contributed by atoms with van der Waals surface area (Å²) in [6, 6.07) is 1.57. The van der Waals surface area contributed by atoms with Crippen molar-refractivity contribution in [1.29, 1.82) is 0 Å². The van der Waals surface area contributed by atoms with Crippen LogP contribution in [0.15, 0.2) is 10.5 Å². The van der Waals surface area contributed by atoms with E-state index in [1.807, 2.05) is 0 Å². The van der Waals surface area contributed by atoms with Crippen molar-refractivity contribution in [2.24, 2.45) is 0 Å². The first-order chi connectivity index (χ1) is 6.79. The Kier molecular flexibility index (Phi) is 3.19. The van der Waals surface area contributed by atoms with E-state index >= 15 is 0 Å². The molecule has 0 saturated heterocycles. The van der Waals surface area contributed by atoms with Crippen molar-refractivity contribution in [2.75, 3.05) is 0 Å². The summed E-state index contributed by atoms with van der Waals surface area (Å²) in [5.41, 5.74) is 0.898. The van der Waals surface area contributed by atoms with Crippen LogP contribution in [0, 0.1) is 6.92 Å². The van der Waals surface area contributed by atoms with Gasteiger partial charge in [-0.1, -0.05) is 0 Å². The van der Waals surface area contributed by atoms with E-state index in [0.717, 1.165) is 5.56 Å².